The van der Waals surface area contributed by atoms with Gasteiger partial charge in [0.1, 0.15) is 0 Å². The zero-order chi connectivity index (χ0) is 38.2. The topological polar surface area (TPSA) is 0 Å². The summed E-state index contributed by atoms with van der Waals surface area (Å²) in [7, 11) is 0. The molecule has 0 aliphatic carbocycles. The van der Waals surface area contributed by atoms with Crippen LogP contribution in [0.5, 0.6) is 0 Å². The van der Waals surface area contributed by atoms with E-state index < -0.39 is 0 Å². The third kappa shape index (κ3) is 4.82. The van der Waals surface area contributed by atoms with Gasteiger partial charge in [-0.25, -0.2) is 0 Å². The Bertz CT molecular complexity index is 3490. The van der Waals surface area contributed by atoms with Crippen molar-refractivity contribution in [1.29, 1.82) is 0 Å². The Hall–Kier alpha value is -7.54. The van der Waals surface area contributed by atoms with Gasteiger partial charge in [0.05, 0.1) is 0 Å². The lowest BCUT2D eigenvalue weighted by molar-refractivity contribution is 1.61. The highest BCUT2D eigenvalue weighted by Gasteiger charge is 2.25. The lowest BCUT2D eigenvalue weighted by Gasteiger charge is -2.25. The second kappa shape index (κ2) is 13.0. The predicted octanol–water partition coefficient (Wildman–Crippen LogP) is 16.4. The van der Waals surface area contributed by atoms with Crippen LogP contribution in [0.1, 0.15) is 0 Å². The monoisotopic (exact) mass is 732 g/mol. The van der Waals surface area contributed by atoms with Crippen molar-refractivity contribution in [1.82, 2.24) is 0 Å². The Morgan fingerprint density at radius 1 is 0.190 bits per heavy atom. The Morgan fingerprint density at radius 3 is 1.22 bits per heavy atom. The molecule has 12 aromatic carbocycles. The molecule has 0 fully saturated rings. The maximum Gasteiger partial charge on any atom is -0.000764 e. The fourth-order valence-electron chi connectivity index (χ4n) is 10.0. The first-order chi connectivity index (χ1) is 28.8. The van der Waals surface area contributed by atoms with Gasteiger partial charge in [-0.1, -0.05) is 212 Å². The molecular formula is C58H36. The molecule has 268 valence electrons. The Balaban J connectivity index is 1.31. The van der Waals surface area contributed by atoms with Crippen molar-refractivity contribution in [3.05, 3.63) is 218 Å². The van der Waals surface area contributed by atoms with E-state index in [2.05, 4.69) is 218 Å². The quantitative estimate of drug-likeness (QED) is 0.125. The van der Waals surface area contributed by atoms with Crippen LogP contribution in [0.4, 0.5) is 0 Å². The van der Waals surface area contributed by atoms with Gasteiger partial charge >= 0.3 is 0 Å². The minimum Gasteiger partial charge on any atom is -0.0622 e. The fourth-order valence-corrected chi connectivity index (χ4v) is 10.0. The number of hydrogen-bond donors (Lipinski definition) is 0. The van der Waals surface area contributed by atoms with E-state index in [1.54, 1.807) is 0 Å². The molecule has 0 aliphatic rings. The molecule has 0 N–H and O–H groups in total. The van der Waals surface area contributed by atoms with Gasteiger partial charge < -0.3 is 0 Å². The van der Waals surface area contributed by atoms with Crippen LogP contribution >= 0.6 is 0 Å². The van der Waals surface area contributed by atoms with E-state index in [1.807, 2.05) is 0 Å². The molecule has 0 heterocycles. The number of rotatable bonds is 4. The van der Waals surface area contributed by atoms with Crippen LogP contribution in [-0.2, 0) is 0 Å². The maximum atomic E-state index is 2.44. The van der Waals surface area contributed by atoms with Crippen LogP contribution in [0.25, 0.3) is 120 Å². The summed E-state index contributed by atoms with van der Waals surface area (Å²) in [6, 6.07) is 81.0. The van der Waals surface area contributed by atoms with Crippen LogP contribution in [0.15, 0.2) is 218 Å². The maximum absolute atomic E-state index is 2.44. The summed E-state index contributed by atoms with van der Waals surface area (Å²) < 4.78 is 0. The van der Waals surface area contributed by atoms with Crippen molar-refractivity contribution < 1.29 is 0 Å². The standard InChI is InChI=1S/C58H36/c1-3-18-37(19-4-1)52-36-40-35-34-38-20-7-8-23-41(38)53(40)54(39-21-5-2-6-22-39)58(52)57-49-30-15-13-28-47(49)56(48-29-14-16-31-50(48)57)51-33-17-32-46-44-25-10-9-24-42(44)43-26-11-12-27-45(43)55(46)51/h1-36H. The summed E-state index contributed by atoms with van der Waals surface area (Å²) in [4.78, 5) is 0. The molecule has 0 radical (unpaired) electrons. The third-order valence-electron chi connectivity index (χ3n) is 12.4. The fraction of sp³-hybridized carbons (Fsp3) is 0. The van der Waals surface area contributed by atoms with Crippen molar-refractivity contribution in [3.63, 3.8) is 0 Å². The zero-order valence-electron chi connectivity index (χ0n) is 31.8. The molecule has 0 heteroatoms. The molecular weight excluding hydrogens is 697 g/mol. The number of benzene rings is 12. The van der Waals surface area contributed by atoms with Crippen molar-refractivity contribution in [2.24, 2.45) is 0 Å². The summed E-state index contributed by atoms with van der Waals surface area (Å²) in [5.74, 6) is 0. The first-order valence-corrected chi connectivity index (χ1v) is 20.2. The van der Waals surface area contributed by atoms with Crippen LogP contribution in [0, 0.1) is 0 Å². The van der Waals surface area contributed by atoms with Crippen molar-refractivity contribution in [3.8, 4) is 44.5 Å². The van der Waals surface area contributed by atoms with E-state index in [0.717, 1.165) is 0 Å². The van der Waals surface area contributed by atoms with E-state index >= 15 is 0 Å². The summed E-state index contributed by atoms with van der Waals surface area (Å²) in [6.45, 7) is 0. The van der Waals surface area contributed by atoms with Gasteiger partial charge in [-0.3, -0.25) is 0 Å². The summed E-state index contributed by atoms with van der Waals surface area (Å²) >= 11 is 0. The molecule has 0 aliphatic heterocycles. The van der Waals surface area contributed by atoms with Crippen LogP contribution in [0.2, 0.25) is 0 Å². The molecule has 0 atom stereocenters. The van der Waals surface area contributed by atoms with E-state index in [9.17, 15) is 0 Å². The predicted molar refractivity (Wildman–Crippen MR) is 251 cm³/mol. The van der Waals surface area contributed by atoms with Crippen LogP contribution < -0.4 is 0 Å². The van der Waals surface area contributed by atoms with Crippen molar-refractivity contribution >= 4 is 75.4 Å². The molecule has 0 amide bonds. The van der Waals surface area contributed by atoms with Gasteiger partial charge in [0.15, 0.2) is 0 Å². The summed E-state index contributed by atoms with van der Waals surface area (Å²) in [6.07, 6.45) is 0. The minimum atomic E-state index is 1.20. The minimum absolute atomic E-state index is 1.20. The van der Waals surface area contributed by atoms with E-state index in [-0.39, 0.29) is 0 Å². The lowest BCUT2D eigenvalue weighted by Crippen LogP contribution is -1.97. The average Bonchev–Trinajstić information content (AvgIpc) is 3.30. The Labute approximate surface area is 336 Å². The normalized spacial score (nSPS) is 11.8. The highest BCUT2D eigenvalue weighted by molar-refractivity contribution is 6.33. The summed E-state index contributed by atoms with van der Waals surface area (Å²) in [5.41, 5.74) is 9.96. The Kier molecular flexibility index (Phi) is 7.33. The first-order valence-electron chi connectivity index (χ1n) is 20.2. The van der Waals surface area contributed by atoms with Gasteiger partial charge in [-0.05, 0) is 126 Å². The largest absolute Gasteiger partial charge is 0.0622 e. The molecule has 0 saturated carbocycles. The molecule has 12 rings (SSSR count). The van der Waals surface area contributed by atoms with Gasteiger partial charge in [-0.15, -0.1) is 0 Å². The zero-order valence-corrected chi connectivity index (χ0v) is 31.8. The number of fused-ring (bicyclic) bond motifs is 11. The van der Waals surface area contributed by atoms with Crippen LogP contribution in [0.3, 0.4) is 0 Å². The van der Waals surface area contributed by atoms with Gasteiger partial charge in [0.25, 0.3) is 0 Å². The molecule has 0 saturated heterocycles. The molecule has 0 bridgehead atoms. The van der Waals surface area contributed by atoms with Crippen molar-refractivity contribution in [2.45, 2.75) is 0 Å². The lowest BCUT2D eigenvalue weighted by atomic mass is 9.78. The molecule has 0 nitrogen and oxygen atoms in total. The second-order valence-electron chi connectivity index (χ2n) is 15.5. The smallest absolute Gasteiger partial charge is 0.000764 e. The molecule has 0 aromatic heterocycles. The molecule has 58 heavy (non-hydrogen) atoms. The highest BCUT2D eigenvalue weighted by atomic mass is 14.3. The van der Waals surface area contributed by atoms with E-state index in [4.69, 9.17) is 0 Å². The molecule has 0 unspecified atom stereocenters. The van der Waals surface area contributed by atoms with E-state index in [0.29, 0.717) is 0 Å². The van der Waals surface area contributed by atoms with Gasteiger partial charge in [-0.2, -0.15) is 0 Å². The van der Waals surface area contributed by atoms with Gasteiger partial charge in [0.2, 0.25) is 0 Å². The second-order valence-corrected chi connectivity index (χ2v) is 15.5. The van der Waals surface area contributed by atoms with E-state index in [1.165, 1.54) is 120 Å². The third-order valence-corrected chi connectivity index (χ3v) is 12.4. The number of hydrogen-bond acceptors (Lipinski definition) is 0. The SMILES string of the molecule is c1ccc(-c2cc3ccc4ccccc4c3c(-c3ccccc3)c2-c2c3ccccc3c(-c3cccc4c5ccccc5c5ccccc5c34)c3ccccc23)cc1. The van der Waals surface area contributed by atoms with Crippen molar-refractivity contribution in [2.75, 3.05) is 0 Å². The van der Waals surface area contributed by atoms with Crippen LogP contribution in [-0.4, -0.2) is 0 Å². The molecule has 0 spiro atoms. The summed E-state index contributed by atoms with van der Waals surface area (Å²) in [5, 5.41) is 17.7. The molecule has 12 aromatic rings. The van der Waals surface area contributed by atoms with Gasteiger partial charge in [0, 0.05) is 0 Å². The Morgan fingerprint density at radius 2 is 0.621 bits per heavy atom. The average molecular weight is 733 g/mol. The highest BCUT2D eigenvalue weighted by Crippen LogP contribution is 2.53. The first kappa shape index (κ1) is 32.7.